The Hall–Kier alpha value is -1.07. The van der Waals surface area contributed by atoms with Crippen LogP contribution in [0.3, 0.4) is 0 Å². The van der Waals surface area contributed by atoms with Gasteiger partial charge in [0.1, 0.15) is 0 Å². The standard InChI is InChI=1S/C16H28N2O2S/c1-6-13-7-8-14(17)9-16(13)21(19,20)18-10-15(11(2)3)12(4)5/h7-9,11-12,15,18H,6,10,17H2,1-5H3. The Morgan fingerprint density at radius 2 is 1.71 bits per heavy atom. The molecule has 4 nitrogen and oxygen atoms in total. The van der Waals surface area contributed by atoms with Gasteiger partial charge in [0.2, 0.25) is 10.0 Å². The molecule has 3 N–H and O–H groups in total. The smallest absolute Gasteiger partial charge is 0.240 e. The Kier molecular flexibility index (Phi) is 6.23. The number of sulfonamides is 1. The van der Waals surface area contributed by atoms with E-state index in [-0.39, 0.29) is 0 Å². The monoisotopic (exact) mass is 312 g/mol. The quantitative estimate of drug-likeness (QED) is 0.760. The van der Waals surface area contributed by atoms with Crippen LogP contribution in [0.15, 0.2) is 23.1 Å². The molecule has 0 amide bonds. The van der Waals surface area contributed by atoms with Gasteiger partial charge in [-0.05, 0) is 41.9 Å². The van der Waals surface area contributed by atoms with Crippen molar-refractivity contribution in [2.45, 2.75) is 45.9 Å². The molecule has 0 aliphatic carbocycles. The highest BCUT2D eigenvalue weighted by Gasteiger charge is 2.23. The lowest BCUT2D eigenvalue weighted by Gasteiger charge is -2.25. The van der Waals surface area contributed by atoms with Crippen LogP contribution in [0.25, 0.3) is 0 Å². The Balaban J connectivity index is 2.99. The first-order chi connectivity index (χ1) is 9.69. The van der Waals surface area contributed by atoms with Gasteiger partial charge in [-0.2, -0.15) is 0 Å². The molecular formula is C16H28N2O2S. The van der Waals surface area contributed by atoms with Crippen LogP contribution in [0.2, 0.25) is 0 Å². The summed E-state index contributed by atoms with van der Waals surface area (Å²) in [6.07, 6.45) is 0.661. The SMILES string of the molecule is CCc1ccc(N)cc1S(=O)(=O)NCC(C(C)C)C(C)C. The van der Waals surface area contributed by atoms with E-state index in [1.807, 2.05) is 6.92 Å². The van der Waals surface area contributed by atoms with E-state index in [9.17, 15) is 8.42 Å². The summed E-state index contributed by atoms with van der Waals surface area (Å²) in [6.45, 7) is 10.9. The Morgan fingerprint density at radius 3 is 2.19 bits per heavy atom. The number of hydrogen-bond donors (Lipinski definition) is 2. The summed E-state index contributed by atoms with van der Waals surface area (Å²) >= 11 is 0. The first-order valence-corrected chi connectivity index (χ1v) is 9.05. The molecular weight excluding hydrogens is 284 g/mol. The summed E-state index contributed by atoms with van der Waals surface area (Å²) in [5.41, 5.74) is 7.00. The average Bonchev–Trinajstić information content (AvgIpc) is 2.37. The van der Waals surface area contributed by atoms with Gasteiger partial charge in [0.15, 0.2) is 0 Å². The van der Waals surface area contributed by atoms with Gasteiger partial charge >= 0.3 is 0 Å². The topological polar surface area (TPSA) is 72.2 Å². The van der Waals surface area contributed by atoms with Gasteiger partial charge < -0.3 is 5.73 Å². The fraction of sp³-hybridized carbons (Fsp3) is 0.625. The maximum absolute atomic E-state index is 12.5. The van der Waals surface area contributed by atoms with E-state index in [2.05, 4.69) is 32.4 Å². The lowest BCUT2D eigenvalue weighted by molar-refractivity contribution is 0.289. The summed E-state index contributed by atoms with van der Waals surface area (Å²) in [5, 5.41) is 0. The van der Waals surface area contributed by atoms with Gasteiger partial charge in [0, 0.05) is 12.2 Å². The van der Waals surface area contributed by atoms with Gasteiger partial charge in [-0.1, -0.05) is 40.7 Å². The second-order valence-electron chi connectivity index (χ2n) is 6.22. The molecule has 0 unspecified atom stereocenters. The van der Waals surface area contributed by atoms with E-state index >= 15 is 0 Å². The van der Waals surface area contributed by atoms with Crippen molar-refractivity contribution in [1.29, 1.82) is 0 Å². The zero-order valence-corrected chi connectivity index (χ0v) is 14.5. The number of nitrogens with one attached hydrogen (secondary N) is 1. The third-order valence-electron chi connectivity index (χ3n) is 3.98. The summed E-state index contributed by atoms with van der Waals surface area (Å²) in [6, 6.07) is 5.07. The molecule has 1 rings (SSSR count). The van der Waals surface area contributed by atoms with Crippen molar-refractivity contribution in [1.82, 2.24) is 4.72 Å². The normalized spacial score (nSPS) is 12.6. The number of nitrogen functional groups attached to an aromatic ring is 1. The molecule has 0 saturated carbocycles. The summed E-state index contributed by atoms with van der Waals surface area (Å²) in [5.74, 6) is 1.17. The van der Waals surface area contributed by atoms with Crippen LogP contribution in [-0.4, -0.2) is 15.0 Å². The summed E-state index contributed by atoms with van der Waals surface area (Å²) in [7, 11) is -3.52. The van der Waals surface area contributed by atoms with Gasteiger partial charge in [0.25, 0.3) is 0 Å². The molecule has 0 fully saturated rings. The van der Waals surface area contributed by atoms with E-state index in [0.29, 0.717) is 41.3 Å². The van der Waals surface area contributed by atoms with Crippen LogP contribution < -0.4 is 10.5 Å². The highest BCUT2D eigenvalue weighted by molar-refractivity contribution is 7.89. The van der Waals surface area contributed by atoms with Gasteiger partial charge in [-0.3, -0.25) is 0 Å². The fourth-order valence-electron chi connectivity index (χ4n) is 2.64. The minimum atomic E-state index is -3.52. The molecule has 0 atom stereocenters. The lowest BCUT2D eigenvalue weighted by Crippen LogP contribution is -2.34. The van der Waals surface area contributed by atoms with E-state index in [0.717, 1.165) is 5.56 Å². The second-order valence-corrected chi connectivity index (χ2v) is 7.96. The third kappa shape index (κ3) is 4.71. The summed E-state index contributed by atoms with van der Waals surface area (Å²) in [4.78, 5) is 0.302. The maximum Gasteiger partial charge on any atom is 0.240 e. The number of benzene rings is 1. The van der Waals surface area contributed by atoms with Gasteiger partial charge in [-0.15, -0.1) is 0 Å². The fourth-order valence-corrected chi connectivity index (χ4v) is 4.05. The van der Waals surface area contributed by atoms with Crippen LogP contribution in [0.1, 0.15) is 40.2 Å². The maximum atomic E-state index is 12.5. The molecule has 5 heteroatoms. The van der Waals surface area contributed by atoms with Crippen molar-refractivity contribution < 1.29 is 8.42 Å². The third-order valence-corrected chi connectivity index (χ3v) is 5.49. The van der Waals surface area contributed by atoms with Crippen LogP contribution in [0, 0.1) is 17.8 Å². The van der Waals surface area contributed by atoms with Crippen molar-refractivity contribution >= 4 is 15.7 Å². The minimum absolute atomic E-state index is 0.302. The number of rotatable bonds is 7. The van der Waals surface area contributed by atoms with Crippen molar-refractivity contribution in [2.75, 3.05) is 12.3 Å². The van der Waals surface area contributed by atoms with E-state index < -0.39 is 10.0 Å². The highest BCUT2D eigenvalue weighted by atomic mass is 32.2. The molecule has 0 bridgehead atoms. The molecule has 21 heavy (non-hydrogen) atoms. The number of hydrogen-bond acceptors (Lipinski definition) is 3. The molecule has 0 spiro atoms. The largest absolute Gasteiger partial charge is 0.399 e. The van der Waals surface area contributed by atoms with E-state index in [4.69, 9.17) is 5.73 Å². The molecule has 1 aromatic carbocycles. The van der Waals surface area contributed by atoms with Crippen molar-refractivity contribution in [3.8, 4) is 0 Å². The zero-order valence-electron chi connectivity index (χ0n) is 13.7. The molecule has 0 aliphatic heterocycles. The first kappa shape index (κ1) is 18.0. The summed E-state index contributed by atoms with van der Waals surface area (Å²) < 4.78 is 27.9. The van der Waals surface area contributed by atoms with Crippen molar-refractivity contribution in [3.05, 3.63) is 23.8 Å². The Bertz CT molecular complexity index is 558. The van der Waals surface area contributed by atoms with Crippen LogP contribution in [0.4, 0.5) is 5.69 Å². The van der Waals surface area contributed by atoms with Crippen molar-refractivity contribution in [3.63, 3.8) is 0 Å². The zero-order chi connectivity index (χ0) is 16.2. The highest BCUT2D eigenvalue weighted by Crippen LogP contribution is 2.23. The lowest BCUT2D eigenvalue weighted by atomic mass is 9.86. The second kappa shape index (κ2) is 7.27. The number of anilines is 1. The van der Waals surface area contributed by atoms with Gasteiger partial charge in [-0.25, -0.2) is 13.1 Å². The van der Waals surface area contributed by atoms with Crippen LogP contribution in [-0.2, 0) is 16.4 Å². The Morgan fingerprint density at radius 1 is 1.14 bits per heavy atom. The number of aryl methyl sites for hydroxylation is 1. The molecule has 1 aromatic rings. The molecule has 0 saturated heterocycles. The van der Waals surface area contributed by atoms with E-state index in [1.165, 1.54) is 0 Å². The van der Waals surface area contributed by atoms with Crippen LogP contribution in [0.5, 0.6) is 0 Å². The van der Waals surface area contributed by atoms with Crippen LogP contribution >= 0.6 is 0 Å². The first-order valence-electron chi connectivity index (χ1n) is 7.57. The van der Waals surface area contributed by atoms with Crippen molar-refractivity contribution in [2.24, 2.45) is 17.8 Å². The predicted octanol–water partition coefficient (Wildman–Crippen LogP) is 3.04. The molecule has 120 valence electrons. The molecule has 0 aromatic heterocycles. The Labute approximate surface area is 129 Å². The predicted molar refractivity (Wildman–Crippen MR) is 88.6 cm³/mol. The number of nitrogens with two attached hydrogens (primary N) is 1. The van der Waals surface area contributed by atoms with E-state index in [1.54, 1.807) is 18.2 Å². The average molecular weight is 312 g/mol. The molecule has 0 radical (unpaired) electrons. The molecule has 0 aliphatic rings. The van der Waals surface area contributed by atoms with Gasteiger partial charge in [0.05, 0.1) is 4.90 Å². The molecule has 0 heterocycles. The minimum Gasteiger partial charge on any atom is -0.399 e.